The van der Waals surface area contributed by atoms with E-state index in [1.54, 1.807) is 0 Å². The quantitative estimate of drug-likeness (QED) is 0.681. The third kappa shape index (κ3) is 1.81. The molecule has 2 nitrogen and oxygen atoms in total. The lowest BCUT2D eigenvalue weighted by Crippen LogP contribution is -2.38. The Morgan fingerprint density at radius 3 is 2.64 bits per heavy atom. The summed E-state index contributed by atoms with van der Waals surface area (Å²) in [7, 11) is 0. The summed E-state index contributed by atoms with van der Waals surface area (Å²) in [5.74, 6) is -0.557. The molecule has 1 aliphatic rings. The summed E-state index contributed by atoms with van der Waals surface area (Å²) in [4.78, 5) is 0. The first kappa shape index (κ1) is 9.69. The molecule has 1 heterocycles. The maximum atomic E-state index is 5.84. The van der Waals surface area contributed by atoms with Crippen molar-refractivity contribution < 1.29 is 9.47 Å². The molecule has 0 aliphatic carbocycles. The number of hydrogen-bond donors (Lipinski definition) is 0. The van der Waals surface area contributed by atoms with E-state index < -0.39 is 5.79 Å². The van der Waals surface area contributed by atoms with E-state index in [1.165, 1.54) is 0 Å². The van der Waals surface area contributed by atoms with Crippen molar-refractivity contribution in [2.24, 2.45) is 0 Å². The monoisotopic (exact) mass is 192 g/mol. The van der Waals surface area contributed by atoms with Gasteiger partial charge in [0.05, 0.1) is 12.7 Å². The lowest BCUT2D eigenvalue weighted by molar-refractivity contribution is -0.288. The normalized spacial score (nSPS) is 32.9. The molecule has 0 amide bonds. The van der Waals surface area contributed by atoms with Crippen LogP contribution >= 0.6 is 0 Å². The van der Waals surface area contributed by atoms with Gasteiger partial charge in [0.25, 0.3) is 0 Å². The first-order valence-corrected chi connectivity index (χ1v) is 5.08. The van der Waals surface area contributed by atoms with Crippen molar-refractivity contribution in [1.29, 1.82) is 0 Å². The average Bonchev–Trinajstić information content (AvgIpc) is 2.19. The van der Waals surface area contributed by atoms with Crippen LogP contribution in [0.4, 0.5) is 0 Å². The Balaban J connectivity index is 2.23. The average molecular weight is 192 g/mol. The fourth-order valence-corrected chi connectivity index (χ4v) is 1.79. The summed E-state index contributed by atoms with van der Waals surface area (Å²) in [6.07, 6.45) is 1.25. The van der Waals surface area contributed by atoms with Crippen molar-refractivity contribution in [3.05, 3.63) is 35.9 Å². The highest BCUT2D eigenvalue weighted by molar-refractivity contribution is 5.19. The van der Waals surface area contributed by atoms with Gasteiger partial charge in [-0.05, 0) is 20.3 Å². The Kier molecular flexibility index (Phi) is 2.57. The minimum absolute atomic E-state index is 0.272. The first-order chi connectivity index (χ1) is 6.71. The lowest BCUT2D eigenvalue weighted by atomic mass is 10.1. The molecule has 0 N–H and O–H groups in total. The summed E-state index contributed by atoms with van der Waals surface area (Å²) in [5, 5.41) is 0. The van der Waals surface area contributed by atoms with Crippen LogP contribution < -0.4 is 0 Å². The zero-order valence-corrected chi connectivity index (χ0v) is 8.69. The molecule has 0 bridgehead atoms. The zero-order chi connectivity index (χ0) is 10.0. The summed E-state index contributed by atoms with van der Waals surface area (Å²) in [5.41, 5.74) is 1.09. The minimum atomic E-state index is -0.557. The maximum Gasteiger partial charge on any atom is 0.192 e. The molecule has 1 aromatic rings. The second-order valence-electron chi connectivity index (χ2n) is 3.88. The highest BCUT2D eigenvalue weighted by atomic mass is 16.7. The van der Waals surface area contributed by atoms with Crippen LogP contribution in [0.2, 0.25) is 0 Å². The Bertz CT molecular complexity index is 296. The Labute approximate surface area is 84.8 Å². The van der Waals surface area contributed by atoms with Crippen molar-refractivity contribution in [3.63, 3.8) is 0 Å². The van der Waals surface area contributed by atoms with Crippen LogP contribution in [0.15, 0.2) is 30.3 Å². The molecule has 2 heteroatoms. The molecular weight excluding hydrogens is 176 g/mol. The van der Waals surface area contributed by atoms with Crippen molar-refractivity contribution >= 4 is 0 Å². The molecule has 76 valence electrons. The van der Waals surface area contributed by atoms with E-state index in [1.807, 2.05) is 37.3 Å². The molecule has 14 heavy (non-hydrogen) atoms. The third-order valence-electron chi connectivity index (χ3n) is 2.63. The second-order valence-corrected chi connectivity index (χ2v) is 3.88. The molecule has 1 aliphatic heterocycles. The van der Waals surface area contributed by atoms with Crippen molar-refractivity contribution in [2.75, 3.05) is 6.61 Å². The molecule has 0 saturated carbocycles. The van der Waals surface area contributed by atoms with Crippen LogP contribution in [-0.2, 0) is 15.3 Å². The van der Waals surface area contributed by atoms with Gasteiger partial charge in [-0.3, -0.25) is 0 Å². The number of hydrogen-bond acceptors (Lipinski definition) is 2. The lowest BCUT2D eigenvalue weighted by Gasteiger charge is -2.37. The Hall–Kier alpha value is -0.860. The summed E-state index contributed by atoms with van der Waals surface area (Å²) in [6.45, 7) is 4.84. The van der Waals surface area contributed by atoms with Crippen LogP contribution in [0.5, 0.6) is 0 Å². The van der Waals surface area contributed by atoms with Gasteiger partial charge in [-0.1, -0.05) is 30.3 Å². The molecule has 0 unspecified atom stereocenters. The minimum Gasteiger partial charge on any atom is -0.346 e. The van der Waals surface area contributed by atoms with E-state index in [0.29, 0.717) is 0 Å². The first-order valence-electron chi connectivity index (χ1n) is 5.08. The molecule has 0 aromatic heterocycles. The SMILES string of the molecule is C[C@@H]1CCO[C@](C)(c2ccccc2)O1. The van der Waals surface area contributed by atoms with Gasteiger partial charge in [0.2, 0.25) is 0 Å². The van der Waals surface area contributed by atoms with Gasteiger partial charge < -0.3 is 9.47 Å². The van der Waals surface area contributed by atoms with E-state index in [0.717, 1.165) is 18.6 Å². The molecule has 2 atom stereocenters. The van der Waals surface area contributed by atoms with Gasteiger partial charge in [0.1, 0.15) is 0 Å². The molecule has 1 fully saturated rings. The van der Waals surface area contributed by atoms with Crippen molar-refractivity contribution in [1.82, 2.24) is 0 Å². The van der Waals surface area contributed by atoms with E-state index in [2.05, 4.69) is 6.92 Å². The van der Waals surface area contributed by atoms with Gasteiger partial charge in [0.15, 0.2) is 5.79 Å². The fourth-order valence-electron chi connectivity index (χ4n) is 1.79. The largest absolute Gasteiger partial charge is 0.346 e. The molecule has 0 spiro atoms. The standard InChI is InChI=1S/C12H16O2/c1-10-8-9-13-12(2,14-10)11-6-4-3-5-7-11/h3-7,10H,8-9H2,1-2H3/t10-,12+/m1/s1. The van der Waals surface area contributed by atoms with E-state index in [-0.39, 0.29) is 6.10 Å². The van der Waals surface area contributed by atoms with Crippen LogP contribution in [0.25, 0.3) is 0 Å². The third-order valence-corrected chi connectivity index (χ3v) is 2.63. The molecular formula is C12H16O2. The molecule has 1 saturated heterocycles. The molecule has 0 radical (unpaired) electrons. The number of rotatable bonds is 1. The number of benzene rings is 1. The van der Waals surface area contributed by atoms with Gasteiger partial charge >= 0.3 is 0 Å². The molecule has 1 aromatic carbocycles. The Morgan fingerprint density at radius 1 is 1.29 bits per heavy atom. The molecule has 2 rings (SSSR count). The predicted molar refractivity (Wildman–Crippen MR) is 54.9 cm³/mol. The van der Waals surface area contributed by atoms with Gasteiger partial charge in [-0.2, -0.15) is 0 Å². The number of ether oxygens (including phenoxy) is 2. The van der Waals surface area contributed by atoms with Crippen LogP contribution in [0, 0.1) is 0 Å². The highest BCUT2D eigenvalue weighted by Crippen LogP contribution is 2.32. The van der Waals surface area contributed by atoms with Crippen LogP contribution in [-0.4, -0.2) is 12.7 Å². The summed E-state index contributed by atoms with van der Waals surface area (Å²) < 4.78 is 11.5. The van der Waals surface area contributed by atoms with E-state index in [9.17, 15) is 0 Å². The maximum absolute atomic E-state index is 5.84. The van der Waals surface area contributed by atoms with Crippen molar-refractivity contribution in [3.8, 4) is 0 Å². The summed E-state index contributed by atoms with van der Waals surface area (Å²) >= 11 is 0. The van der Waals surface area contributed by atoms with Crippen LogP contribution in [0.1, 0.15) is 25.8 Å². The van der Waals surface area contributed by atoms with Gasteiger partial charge in [0, 0.05) is 5.56 Å². The smallest absolute Gasteiger partial charge is 0.192 e. The van der Waals surface area contributed by atoms with Crippen molar-refractivity contribution in [2.45, 2.75) is 32.2 Å². The van der Waals surface area contributed by atoms with E-state index >= 15 is 0 Å². The second kappa shape index (κ2) is 3.71. The van der Waals surface area contributed by atoms with Gasteiger partial charge in [-0.25, -0.2) is 0 Å². The Morgan fingerprint density at radius 2 is 2.00 bits per heavy atom. The zero-order valence-electron chi connectivity index (χ0n) is 8.69. The topological polar surface area (TPSA) is 18.5 Å². The van der Waals surface area contributed by atoms with Gasteiger partial charge in [-0.15, -0.1) is 0 Å². The highest BCUT2D eigenvalue weighted by Gasteiger charge is 2.33. The fraction of sp³-hybridized carbons (Fsp3) is 0.500. The van der Waals surface area contributed by atoms with E-state index in [4.69, 9.17) is 9.47 Å². The summed E-state index contributed by atoms with van der Waals surface area (Å²) in [6, 6.07) is 10.1. The predicted octanol–water partition coefficient (Wildman–Crippen LogP) is 2.68. The van der Waals surface area contributed by atoms with Crippen LogP contribution in [0.3, 0.4) is 0 Å².